The quantitative estimate of drug-likeness (QED) is 0.544. The van der Waals surface area contributed by atoms with E-state index in [1.165, 1.54) is 0 Å². The second-order valence-corrected chi connectivity index (χ2v) is 6.09. The van der Waals surface area contributed by atoms with E-state index >= 15 is 0 Å². The van der Waals surface area contributed by atoms with Crippen molar-refractivity contribution in [3.8, 4) is 11.5 Å². The van der Waals surface area contributed by atoms with Gasteiger partial charge in [-0.3, -0.25) is 4.79 Å². The Morgan fingerprint density at radius 1 is 1.36 bits per heavy atom. The third-order valence-corrected chi connectivity index (χ3v) is 4.42. The Morgan fingerprint density at radius 2 is 2.20 bits per heavy atom. The third-order valence-electron chi connectivity index (χ3n) is 4.42. The van der Waals surface area contributed by atoms with Gasteiger partial charge in [0.2, 0.25) is 0 Å². The summed E-state index contributed by atoms with van der Waals surface area (Å²) in [7, 11) is 1.59. The summed E-state index contributed by atoms with van der Waals surface area (Å²) < 4.78 is 18.7. The minimum Gasteiger partial charge on any atom is -0.493 e. The lowest BCUT2D eigenvalue weighted by Gasteiger charge is -2.22. The first-order valence-corrected chi connectivity index (χ1v) is 8.67. The molecule has 1 aliphatic rings. The van der Waals surface area contributed by atoms with Gasteiger partial charge in [0.05, 0.1) is 25.6 Å². The van der Waals surface area contributed by atoms with Gasteiger partial charge in [-0.15, -0.1) is 0 Å². The molecule has 3 rings (SSSR count). The highest BCUT2D eigenvalue weighted by molar-refractivity contribution is 6.01. The molecule has 0 aliphatic carbocycles. The van der Waals surface area contributed by atoms with Crippen molar-refractivity contribution in [3.05, 3.63) is 42.5 Å². The molecule has 1 aliphatic heterocycles. The molecule has 0 unspecified atom stereocenters. The second kappa shape index (κ2) is 8.67. The zero-order chi connectivity index (χ0) is 17.5. The average Bonchev–Trinajstić information content (AvgIpc) is 3.18. The number of carbonyl (C=O) groups is 1. The number of carbonyl (C=O) groups excluding carboxylic acids is 1. The van der Waals surface area contributed by atoms with Gasteiger partial charge in [-0.1, -0.05) is 6.07 Å². The molecule has 0 saturated carbocycles. The topological polar surface area (TPSA) is 62.6 Å². The van der Waals surface area contributed by atoms with Gasteiger partial charge >= 0.3 is 0 Å². The molecule has 6 nitrogen and oxygen atoms in total. The molecule has 1 saturated heterocycles. The van der Waals surface area contributed by atoms with Crippen LogP contribution in [0.2, 0.25) is 0 Å². The summed E-state index contributed by atoms with van der Waals surface area (Å²) in [5, 5.41) is 0. The van der Waals surface area contributed by atoms with Crippen LogP contribution in [-0.2, 0) is 11.3 Å². The van der Waals surface area contributed by atoms with Crippen molar-refractivity contribution in [2.45, 2.75) is 25.8 Å². The number of para-hydroxylation sites is 1. The Bertz CT molecular complexity index is 679. The lowest BCUT2D eigenvalue weighted by Crippen LogP contribution is -2.24. The van der Waals surface area contributed by atoms with Gasteiger partial charge in [-0.2, -0.15) is 0 Å². The molecule has 1 aromatic carbocycles. The van der Waals surface area contributed by atoms with E-state index in [2.05, 4.69) is 4.98 Å². The number of ether oxygens (including phenoxy) is 3. The van der Waals surface area contributed by atoms with Crippen LogP contribution in [0.25, 0.3) is 0 Å². The van der Waals surface area contributed by atoms with Crippen molar-refractivity contribution in [2.24, 2.45) is 5.92 Å². The molecule has 25 heavy (non-hydrogen) atoms. The number of hydrogen-bond acceptors (Lipinski definition) is 5. The first-order chi connectivity index (χ1) is 12.3. The van der Waals surface area contributed by atoms with Crippen LogP contribution in [-0.4, -0.2) is 42.3 Å². The van der Waals surface area contributed by atoms with Gasteiger partial charge in [-0.25, -0.2) is 4.98 Å². The Kier molecular flexibility index (Phi) is 6.06. The third kappa shape index (κ3) is 4.39. The summed E-state index contributed by atoms with van der Waals surface area (Å²) in [5.41, 5.74) is 0.605. The van der Waals surface area contributed by atoms with Gasteiger partial charge in [0.1, 0.15) is 0 Å². The van der Waals surface area contributed by atoms with Crippen molar-refractivity contribution in [2.75, 3.05) is 26.9 Å². The van der Waals surface area contributed by atoms with Gasteiger partial charge in [0.15, 0.2) is 17.3 Å². The number of imidazole rings is 1. The fourth-order valence-corrected chi connectivity index (χ4v) is 3.04. The monoisotopic (exact) mass is 344 g/mol. The first kappa shape index (κ1) is 17.5. The van der Waals surface area contributed by atoms with Crippen LogP contribution >= 0.6 is 0 Å². The highest BCUT2D eigenvalue weighted by Crippen LogP contribution is 2.34. The van der Waals surface area contributed by atoms with Crippen molar-refractivity contribution in [3.63, 3.8) is 0 Å². The molecule has 0 amide bonds. The molecular formula is C19H24N2O4. The minimum atomic E-state index is -0.00541. The van der Waals surface area contributed by atoms with Gasteiger partial charge < -0.3 is 18.8 Å². The lowest BCUT2D eigenvalue weighted by molar-refractivity contribution is 0.0542. The first-order valence-electron chi connectivity index (χ1n) is 8.67. The molecular weight excluding hydrogens is 320 g/mol. The number of nitrogens with zero attached hydrogens (tertiary/aromatic N) is 2. The van der Waals surface area contributed by atoms with Crippen molar-refractivity contribution in [1.82, 2.24) is 9.55 Å². The van der Waals surface area contributed by atoms with Crippen LogP contribution in [0.5, 0.6) is 11.5 Å². The predicted octanol–water partition coefficient (Wildman–Crippen LogP) is 2.97. The predicted molar refractivity (Wildman–Crippen MR) is 93.2 cm³/mol. The summed E-state index contributed by atoms with van der Waals surface area (Å²) in [6.07, 6.45) is 7.80. The molecule has 0 bridgehead atoms. The van der Waals surface area contributed by atoms with Gasteiger partial charge in [-0.05, 0) is 31.4 Å². The number of rotatable bonds is 8. The number of aromatic nitrogens is 2. The molecule has 1 aromatic heterocycles. The Morgan fingerprint density at radius 3 is 2.92 bits per heavy atom. The number of aryl methyl sites for hydroxylation is 1. The average molecular weight is 344 g/mol. The van der Waals surface area contributed by atoms with E-state index in [1.54, 1.807) is 19.6 Å². The molecule has 134 valence electrons. The zero-order valence-corrected chi connectivity index (χ0v) is 14.5. The summed E-state index contributed by atoms with van der Waals surface area (Å²) in [5.74, 6) is 1.26. The summed E-state index contributed by atoms with van der Waals surface area (Å²) >= 11 is 0. The van der Waals surface area contributed by atoms with Crippen molar-refractivity contribution < 1.29 is 19.0 Å². The van der Waals surface area contributed by atoms with E-state index in [0.717, 1.165) is 25.8 Å². The smallest absolute Gasteiger partial charge is 0.171 e. The van der Waals surface area contributed by atoms with Crippen LogP contribution < -0.4 is 9.47 Å². The van der Waals surface area contributed by atoms with Crippen LogP contribution in [0.4, 0.5) is 0 Å². The normalized spacial score (nSPS) is 15.1. The number of ketones is 1. The van der Waals surface area contributed by atoms with E-state index in [-0.39, 0.29) is 11.7 Å². The summed E-state index contributed by atoms with van der Waals surface area (Å²) in [4.78, 5) is 16.9. The molecule has 0 spiro atoms. The zero-order valence-electron chi connectivity index (χ0n) is 14.5. The van der Waals surface area contributed by atoms with Crippen LogP contribution in [0.3, 0.4) is 0 Å². The van der Waals surface area contributed by atoms with Crippen molar-refractivity contribution >= 4 is 5.78 Å². The highest BCUT2D eigenvalue weighted by atomic mass is 16.5. The number of methoxy groups -OCH3 is 1. The van der Waals surface area contributed by atoms with Crippen LogP contribution in [0, 0.1) is 5.92 Å². The molecule has 2 aromatic rings. The molecule has 1 fully saturated rings. The molecule has 0 radical (unpaired) electrons. The Hall–Kier alpha value is -2.34. The fourth-order valence-electron chi connectivity index (χ4n) is 3.04. The van der Waals surface area contributed by atoms with Gasteiger partial charge in [0.25, 0.3) is 0 Å². The highest BCUT2D eigenvalue weighted by Gasteiger charge is 2.26. The number of hydrogen-bond donors (Lipinski definition) is 0. The maximum absolute atomic E-state index is 12.9. The van der Waals surface area contributed by atoms with E-state index in [9.17, 15) is 4.79 Å². The maximum atomic E-state index is 12.9. The maximum Gasteiger partial charge on any atom is 0.171 e. The number of benzene rings is 1. The SMILES string of the molecule is COc1cccc(C(=O)C2CCOCC2)c1OCCCn1ccnc1. The van der Waals surface area contributed by atoms with E-state index in [1.807, 2.05) is 29.0 Å². The Labute approximate surface area is 147 Å². The van der Waals surface area contributed by atoms with Gasteiger partial charge in [0, 0.05) is 38.1 Å². The molecule has 6 heteroatoms. The summed E-state index contributed by atoms with van der Waals surface area (Å²) in [6, 6.07) is 5.49. The van der Waals surface area contributed by atoms with Crippen LogP contribution in [0.15, 0.2) is 36.9 Å². The lowest BCUT2D eigenvalue weighted by atomic mass is 9.90. The molecule has 0 atom stereocenters. The second-order valence-electron chi connectivity index (χ2n) is 6.09. The van der Waals surface area contributed by atoms with E-state index in [0.29, 0.717) is 36.9 Å². The van der Waals surface area contributed by atoms with Crippen LogP contribution in [0.1, 0.15) is 29.6 Å². The van der Waals surface area contributed by atoms with Crippen molar-refractivity contribution in [1.29, 1.82) is 0 Å². The molecule has 0 N–H and O–H groups in total. The fraction of sp³-hybridized carbons (Fsp3) is 0.474. The van der Waals surface area contributed by atoms with E-state index in [4.69, 9.17) is 14.2 Å². The number of Topliss-reactive ketones (excluding diaryl/α,β-unsaturated/α-hetero) is 1. The Balaban J connectivity index is 1.68. The van der Waals surface area contributed by atoms with E-state index < -0.39 is 0 Å². The minimum absolute atomic E-state index is 0.00541. The standard InChI is InChI=1S/C19H24N2O4/c1-23-17-5-2-4-16(18(22)15-6-12-24-13-7-15)19(17)25-11-3-9-21-10-8-20-14-21/h2,4-5,8,10,14-15H,3,6-7,9,11-13H2,1H3. The largest absolute Gasteiger partial charge is 0.493 e. The summed E-state index contributed by atoms with van der Waals surface area (Å²) in [6.45, 7) is 2.61. The molecule has 2 heterocycles.